The van der Waals surface area contributed by atoms with E-state index in [0.29, 0.717) is 11.1 Å². The maximum atomic E-state index is 12.6. The van der Waals surface area contributed by atoms with Crippen molar-refractivity contribution in [2.45, 2.75) is 25.0 Å². The van der Waals surface area contributed by atoms with E-state index in [1.165, 1.54) is 0 Å². The highest BCUT2D eigenvalue weighted by molar-refractivity contribution is 5.86. The van der Waals surface area contributed by atoms with E-state index in [4.69, 9.17) is 0 Å². The topological polar surface area (TPSA) is 57.5 Å². The zero-order valence-corrected chi connectivity index (χ0v) is 12.3. The van der Waals surface area contributed by atoms with Crippen LogP contribution < -0.4 is 0 Å². The molecule has 0 aromatic heterocycles. The van der Waals surface area contributed by atoms with Gasteiger partial charge in [-0.25, -0.2) is 0 Å². The normalized spacial score (nSPS) is 17.2. The van der Waals surface area contributed by atoms with Gasteiger partial charge < -0.3 is 10.2 Å². The average Bonchev–Trinajstić information content (AvgIpc) is 3.41. The Balaban J connectivity index is 1.91. The van der Waals surface area contributed by atoms with Crippen molar-refractivity contribution in [3.05, 3.63) is 71.8 Å². The first-order chi connectivity index (χ1) is 10.7. The van der Waals surface area contributed by atoms with Gasteiger partial charge in [0.05, 0.1) is 18.1 Å². The van der Waals surface area contributed by atoms with Gasteiger partial charge in [0.15, 0.2) is 0 Å². The van der Waals surface area contributed by atoms with Crippen molar-refractivity contribution in [1.82, 2.24) is 0 Å². The Morgan fingerprint density at radius 3 is 1.59 bits per heavy atom. The molecule has 0 radical (unpaired) electrons. The Morgan fingerprint density at radius 2 is 1.23 bits per heavy atom. The molecular formula is C19H20O3. The zero-order valence-electron chi connectivity index (χ0n) is 12.3. The van der Waals surface area contributed by atoms with Crippen LogP contribution in [0.4, 0.5) is 0 Å². The van der Waals surface area contributed by atoms with Crippen molar-refractivity contribution in [2.24, 2.45) is 11.8 Å². The molecule has 1 aliphatic rings. The fraction of sp³-hybridized carbons (Fsp3) is 0.316. The molecule has 22 heavy (non-hydrogen) atoms. The third-order valence-electron chi connectivity index (χ3n) is 4.27. The zero-order chi connectivity index (χ0) is 15.5. The third-order valence-corrected chi connectivity index (χ3v) is 4.27. The van der Waals surface area contributed by atoms with Gasteiger partial charge in [0, 0.05) is 5.92 Å². The van der Waals surface area contributed by atoms with E-state index in [1.807, 2.05) is 36.4 Å². The van der Waals surface area contributed by atoms with Gasteiger partial charge in [-0.3, -0.25) is 4.79 Å². The van der Waals surface area contributed by atoms with Crippen LogP contribution in [-0.2, 0) is 4.79 Å². The molecule has 114 valence electrons. The molecule has 3 nitrogen and oxygen atoms in total. The van der Waals surface area contributed by atoms with Crippen molar-refractivity contribution in [2.75, 3.05) is 0 Å². The molecule has 1 fully saturated rings. The van der Waals surface area contributed by atoms with Crippen LogP contribution in [0.1, 0.15) is 36.2 Å². The van der Waals surface area contributed by atoms with Crippen LogP contribution in [-0.4, -0.2) is 16.0 Å². The van der Waals surface area contributed by atoms with Crippen molar-refractivity contribution in [3.63, 3.8) is 0 Å². The van der Waals surface area contributed by atoms with Gasteiger partial charge in [0.1, 0.15) is 5.78 Å². The van der Waals surface area contributed by atoms with E-state index in [9.17, 15) is 15.0 Å². The van der Waals surface area contributed by atoms with Crippen LogP contribution in [0.2, 0.25) is 0 Å². The number of rotatable bonds is 6. The number of carbonyl (C=O) groups excluding carboxylic acids is 1. The number of hydrogen-bond donors (Lipinski definition) is 2. The van der Waals surface area contributed by atoms with Gasteiger partial charge in [-0.15, -0.1) is 0 Å². The fourth-order valence-electron chi connectivity index (χ4n) is 2.84. The van der Waals surface area contributed by atoms with Gasteiger partial charge in [-0.1, -0.05) is 60.7 Å². The lowest BCUT2D eigenvalue weighted by atomic mass is 9.82. The Labute approximate surface area is 130 Å². The van der Waals surface area contributed by atoms with Crippen LogP contribution >= 0.6 is 0 Å². The summed E-state index contributed by atoms with van der Waals surface area (Å²) >= 11 is 0. The summed E-state index contributed by atoms with van der Waals surface area (Å²) in [6, 6.07) is 18.2. The summed E-state index contributed by atoms with van der Waals surface area (Å²) in [6.45, 7) is 0. The summed E-state index contributed by atoms with van der Waals surface area (Å²) in [5.41, 5.74) is 1.33. The molecule has 0 unspecified atom stereocenters. The molecule has 0 saturated heterocycles. The van der Waals surface area contributed by atoms with Crippen molar-refractivity contribution < 1.29 is 15.0 Å². The summed E-state index contributed by atoms with van der Waals surface area (Å²) in [7, 11) is 0. The number of benzene rings is 2. The second kappa shape index (κ2) is 6.42. The predicted octanol–water partition coefficient (Wildman–Crippen LogP) is 3.05. The lowest BCUT2D eigenvalue weighted by Crippen LogP contribution is -2.30. The summed E-state index contributed by atoms with van der Waals surface area (Å²) in [6.07, 6.45) is -0.273. The number of Topliss-reactive ketones (excluding diaryl/α,β-unsaturated/α-hetero) is 1. The van der Waals surface area contributed by atoms with Crippen LogP contribution in [0.5, 0.6) is 0 Å². The maximum Gasteiger partial charge on any atom is 0.144 e. The van der Waals surface area contributed by atoms with Gasteiger partial charge in [-0.2, -0.15) is 0 Å². The smallest absolute Gasteiger partial charge is 0.144 e. The standard InChI is InChI=1S/C19H20O3/c20-17(13-7-3-1-4-8-13)16(19(22)15-11-12-15)18(21)14-9-5-2-6-10-14/h1-10,15-18,20-21H,11-12H2/t17-,18-/m0/s1. The van der Waals surface area contributed by atoms with Gasteiger partial charge in [0.2, 0.25) is 0 Å². The van der Waals surface area contributed by atoms with Gasteiger partial charge >= 0.3 is 0 Å². The monoisotopic (exact) mass is 296 g/mol. The quantitative estimate of drug-likeness (QED) is 0.861. The summed E-state index contributed by atoms with van der Waals surface area (Å²) in [4.78, 5) is 12.6. The number of carbonyl (C=O) groups is 1. The Morgan fingerprint density at radius 1 is 0.818 bits per heavy atom. The lowest BCUT2D eigenvalue weighted by Gasteiger charge is -2.27. The Bertz CT molecular complexity index is 574. The first-order valence-corrected chi connectivity index (χ1v) is 7.68. The minimum atomic E-state index is -0.996. The highest BCUT2D eigenvalue weighted by Crippen LogP contribution is 2.41. The van der Waals surface area contributed by atoms with E-state index in [-0.39, 0.29) is 11.7 Å². The molecule has 0 bridgehead atoms. The largest absolute Gasteiger partial charge is 0.388 e. The number of hydrogen-bond acceptors (Lipinski definition) is 3. The molecule has 0 aliphatic heterocycles. The molecule has 0 spiro atoms. The van der Waals surface area contributed by atoms with Crippen molar-refractivity contribution in [1.29, 1.82) is 0 Å². The molecule has 2 N–H and O–H groups in total. The van der Waals surface area contributed by atoms with Crippen molar-refractivity contribution in [3.8, 4) is 0 Å². The first kappa shape index (κ1) is 14.9. The van der Waals surface area contributed by atoms with E-state index >= 15 is 0 Å². The molecule has 0 heterocycles. The number of ketones is 1. The average molecular weight is 296 g/mol. The minimum Gasteiger partial charge on any atom is -0.388 e. The minimum absolute atomic E-state index is 0.0123. The van der Waals surface area contributed by atoms with E-state index in [0.717, 1.165) is 12.8 Å². The number of aliphatic hydroxyl groups is 2. The second-order valence-corrected chi connectivity index (χ2v) is 5.91. The molecule has 2 atom stereocenters. The second-order valence-electron chi connectivity index (χ2n) is 5.91. The highest BCUT2D eigenvalue weighted by atomic mass is 16.3. The van der Waals surface area contributed by atoms with Crippen LogP contribution in [0, 0.1) is 11.8 Å². The maximum absolute atomic E-state index is 12.6. The molecule has 3 heteroatoms. The summed E-state index contributed by atoms with van der Waals surface area (Å²) < 4.78 is 0. The molecule has 2 aromatic rings. The van der Waals surface area contributed by atoms with E-state index in [1.54, 1.807) is 24.3 Å². The molecule has 1 aliphatic carbocycles. The van der Waals surface area contributed by atoms with Crippen molar-refractivity contribution >= 4 is 5.78 Å². The summed E-state index contributed by atoms with van der Waals surface area (Å²) in [5.74, 6) is -0.869. The first-order valence-electron chi connectivity index (χ1n) is 7.68. The molecular weight excluding hydrogens is 276 g/mol. The molecule has 1 saturated carbocycles. The number of aliphatic hydroxyl groups excluding tert-OH is 2. The van der Waals surface area contributed by atoms with Crippen LogP contribution in [0.25, 0.3) is 0 Å². The fourth-order valence-corrected chi connectivity index (χ4v) is 2.84. The lowest BCUT2D eigenvalue weighted by molar-refractivity contribution is -0.133. The van der Waals surface area contributed by atoms with Crippen LogP contribution in [0.3, 0.4) is 0 Å². The summed E-state index contributed by atoms with van der Waals surface area (Å²) in [5, 5.41) is 21.4. The van der Waals surface area contributed by atoms with E-state index < -0.39 is 18.1 Å². The van der Waals surface area contributed by atoms with Crippen LogP contribution in [0.15, 0.2) is 60.7 Å². The molecule has 0 amide bonds. The van der Waals surface area contributed by atoms with Gasteiger partial charge in [0.25, 0.3) is 0 Å². The Kier molecular flexibility index (Phi) is 4.36. The molecule has 2 aromatic carbocycles. The predicted molar refractivity (Wildman–Crippen MR) is 84.0 cm³/mol. The highest BCUT2D eigenvalue weighted by Gasteiger charge is 2.42. The van der Waals surface area contributed by atoms with E-state index in [2.05, 4.69) is 0 Å². The van der Waals surface area contributed by atoms with Gasteiger partial charge in [-0.05, 0) is 24.0 Å². The SMILES string of the molecule is O=C(C1CC1)C([C@@H](O)c1ccccc1)[C@@H](O)c1ccccc1. The third kappa shape index (κ3) is 3.11. The Hall–Kier alpha value is -1.97. The molecule has 3 rings (SSSR count).